The number of benzene rings is 1. The molecule has 0 heterocycles. The molecule has 2 rings (SSSR count). The van der Waals surface area contributed by atoms with Crippen LogP contribution >= 0.6 is 0 Å². The summed E-state index contributed by atoms with van der Waals surface area (Å²) >= 11 is 0. The summed E-state index contributed by atoms with van der Waals surface area (Å²) in [4.78, 5) is 13.3. The molecule has 1 atom stereocenters. The first-order chi connectivity index (χ1) is 11.3. The average molecular weight is 349 g/mol. The van der Waals surface area contributed by atoms with Crippen molar-refractivity contribution in [2.75, 3.05) is 7.05 Å². The van der Waals surface area contributed by atoms with Crippen molar-refractivity contribution in [3.63, 3.8) is 0 Å². The number of halogens is 5. The zero-order valence-corrected chi connectivity index (χ0v) is 13.6. The fourth-order valence-electron chi connectivity index (χ4n) is 3.23. The molecular weight excluding hydrogens is 329 g/mol. The van der Waals surface area contributed by atoms with E-state index in [1.807, 2.05) is 0 Å². The Morgan fingerprint density at radius 3 is 1.92 bits per heavy atom. The monoisotopic (exact) mass is 349 g/mol. The molecule has 134 valence electrons. The van der Waals surface area contributed by atoms with E-state index < -0.39 is 40.6 Å². The molecule has 0 aromatic heterocycles. The predicted octanol–water partition coefficient (Wildman–Crippen LogP) is 4.81. The number of rotatable bonds is 4. The number of carbonyl (C=O) groups is 1. The van der Waals surface area contributed by atoms with Crippen LogP contribution in [0, 0.1) is 35.0 Å². The predicted molar refractivity (Wildman–Crippen MR) is 79.0 cm³/mol. The summed E-state index contributed by atoms with van der Waals surface area (Å²) in [5.74, 6) is -11.5. The van der Waals surface area contributed by atoms with Gasteiger partial charge >= 0.3 is 0 Å². The Bertz CT molecular complexity index is 599. The summed E-state index contributed by atoms with van der Waals surface area (Å²) in [6.07, 6.45) is 6.06. The maximum atomic E-state index is 13.8. The van der Waals surface area contributed by atoms with Crippen molar-refractivity contribution >= 4 is 5.91 Å². The lowest BCUT2D eigenvalue weighted by molar-refractivity contribution is 0.0704. The Morgan fingerprint density at radius 2 is 1.42 bits per heavy atom. The molecule has 1 saturated carbocycles. The Balaban J connectivity index is 2.21. The molecule has 2 nitrogen and oxygen atoms in total. The average Bonchev–Trinajstić information content (AvgIpc) is 2.58. The Labute approximate surface area is 137 Å². The third-order valence-corrected chi connectivity index (χ3v) is 4.80. The summed E-state index contributed by atoms with van der Waals surface area (Å²) in [7, 11) is 1.31. The first-order valence-corrected chi connectivity index (χ1v) is 8.04. The maximum Gasteiger partial charge on any atom is 0.260 e. The van der Waals surface area contributed by atoms with Gasteiger partial charge in [-0.3, -0.25) is 4.79 Å². The first-order valence-electron chi connectivity index (χ1n) is 8.04. The van der Waals surface area contributed by atoms with Crippen molar-refractivity contribution in [1.82, 2.24) is 4.90 Å². The van der Waals surface area contributed by atoms with E-state index in [-0.39, 0.29) is 6.04 Å². The molecule has 1 aliphatic carbocycles. The summed E-state index contributed by atoms with van der Waals surface area (Å²) in [5, 5.41) is 0. The highest BCUT2D eigenvalue weighted by Gasteiger charge is 2.32. The van der Waals surface area contributed by atoms with Gasteiger partial charge in [0.25, 0.3) is 5.91 Å². The second-order valence-corrected chi connectivity index (χ2v) is 6.45. The van der Waals surface area contributed by atoms with Crippen molar-refractivity contribution in [2.24, 2.45) is 5.92 Å². The van der Waals surface area contributed by atoms with Crippen molar-refractivity contribution in [3.8, 4) is 0 Å². The largest absolute Gasteiger partial charge is 0.339 e. The lowest BCUT2D eigenvalue weighted by Gasteiger charge is -2.30. The third-order valence-electron chi connectivity index (χ3n) is 4.80. The lowest BCUT2D eigenvalue weighted by Crippen LogP contribution is -2.38. The van der Waals surface area contributed by atoms with Crippen LogP contribution in [-0.2, 0) is 0 Å². The van der Waals surface area contributed by atoms with E-state index in [9.17, 15) is 26.7 Å². The van der Waals surface area contributed by atoms with E-state index >= 15 is 0 Å². The number of hydrogen-bond donors (Lipinski definition) is 0. The van der Waals surface area contributed by atoms with E-state index in [1.54, 1.807) is 6.92 Å². The molecule has 1 aromatic carbocycles. The molecule has 0 bridgehead atoms. The molecule has 1 aliphatic rings. The molecule has 0 spiro atoms. The van der Waals surface area contributed by atoms with Crippen LogP contribution in [0.25, 0.3) is 0 Å². The zero-order valence-electron chi connectivity index (χ0n) is 13.6. The van der Waals surface area contributed by atoms with Crippen molar-refractivity contribution in [3.05, 3.63) is 34.6 Å². The quantitative estimate of drug-likeness (QED) is 0.434. The van der Waals surface area contributed by atoms with E-state index in [4.69, 9.17) is 0 Å². The first kappa shape index (κ1) is 18.7. The van der Waals surface area contributed by atoms with Gasteiger partial charge in [0.05, 0.1) is 0 Å². The number of nitrogens with zero attached hydrogens (tertiary/aromatic N) is 1. The van der Waals surface area contributed by atoms with Crippen LogP contribution in [0.5, 0.6) is 0 Å². The van der Waals surface area contributed by atoms with Gasteiger partial charge in [-0.05, 0) is 19.3 Å². The number of hydrogen-bond acceptors (Lipinski definition) is 1. The standard InChI is InChI=1S/C17H20F5NO/c1-9(8-10-6-4-3-5-7-10)23(2)17(24)11-12(18)14(20)16(22)15(21)13(11)19/h9-10H,3-8H2,1-2H3. The second kappa shape index (κ2) is 7.49. The topological polar surface area (TPSA) is 20.3 Å². The van der Waals surface area contributed by atoms with Crippen molar-refractivity contribution < 1.29 is 26.7 Å². The van der Waals surface area contributed by atoms with E-state index in [2.05, 4.69) is 0 Å². The summed E-state index contributed by atoms with van der Waals surface area (Å²) in [6.45, 7) is 1.71. The molecule has 1 fully saturated rings. The molecular formula is C17H20F5NO. The number of amides is 1. The van der Waals surface area contributed by atoms with Crippen LogP contribution in [0.4, 0.5) is 22.0 Å². The van der Waals surface area contributed by atoms with Gasteiger partial charge in [-0.2, -0.15) is 0 Å². The van der Waals surface area contributed by atoms with Gasteiger partial charge in [-0.25, -0.2) is 22.0 Å². The van der Waals surface area contributed by atoms with E-state index in [0.717, 1.165) is 30.6 Å². The maximum absolute atomic E-state index is 13.8. The second-order valence-electron chi connectivity index (χ2n) is 6.45. The van der Waals surface area contributed by atoms with Crippen LogP contribution in [0.15, 0.2) is 0 Å². The summed E-state index contributed by atoms with van der Waals surface area (Å²) in [6, 6.07) is -0.365. The van der Waals surface area contributed by atoms with Crippen molar-refractivity contribution in [2.45, 2.75) is 51.5 Å². The summed E-state index contributed by atoms with van der Waals surface area (Å²) in [5.41, 5.74) is -1.40. The molecule has 1 amide bonds. The van der Waals surface area contributed by atoms with Crippen LogP contribution in [0.3, 0.4) is 0 Å². The molecule has 0 N–H and O–H groups in total. The van der Waals surface area contributed by atoms with Gasteiger partial charge in [-0.1, -0.05) is 32.1 Å². The van der Waals surface area contributed by atoms with Crippen LogP contribution in [-0.4, -0.2) is 23.9 Å². The summed E-state index contributed by atoms with van der Waals surface area (Å²) < 4.78 is 67.1. The molecule has 7 heteroatoms. The Kier molecular flexibility index (Phi) is 5.83. The van der Waals surface area contributed by atoms with Gasteiger partial charge in [0.15, 0.2) is 23.3 Å². The highest BCUT2D eigenvalue weighted by atomic mass is 19.2. The highest BCUT2D eigenvalue weighted by Crippen LogP contribution is 2.29. The Morgan fingerprint density at radius 1 is 0.958 bits per heavy atom. The fourth-order valence-corrected chi connectivity index (χ4v) is 3.23. The van der Waals surface area contributed by atoms with Crippen LogP contribution in [0.2, 0.25) is 0 Å². The highest BCUT2D eigenvalue weighted by molar-refractivity contribution is 5.94. The Hall–Kier alpha value is -1.66. The van der Waals surface area contributed by atoms with E-state index in [0.29, 0.717) is 12.3 Å². The van der Waals surface area contributed by atoms with Crippen LogP contribution < -0.4 is 0 Å². The third kappa shape index (κ3) is 3.54. The minimum Gasteiger partial charge on any atom is -0.339 e. The van der Waals surface area contributed by atoms with Gasteiger partial charge in [0.2, 0.25) is 5.82 Å². The normalized spacial score (nSPS) is 17.0. The van der Waals surface area contributed by atoms with Gasteiger partial charge in [-0.15, -0.1) is 0 Å². The van der Waals surface area contributed by atoms with Gasteiger partial charge in [0, 0.05) is 13.1 Å². The minimum absolute atomic E-state index is 0.365. The smallest absolute Gasteiger partial charge is 0.260 e. The molecule has 1 unspecified atom stereocenters. The molecule has 0 saturated heterocycles. The zero-order chi connectivity index (χ0) is 18.0. The van der Waals surface area contributed by atoms with Crippen LogP contribution in [0.1, 0.15) is 55.8 Å². The molecule has 1 aromatic rings. The van der Waals surface area contributed by atoms with Crippen molar-refractivity contribution in [1.29, 1.82) is 0 Å². The fraction of sp³-hybridized carbons (Fsp3) is 0.588. The molecule has 0 radical (unpaired) electrons. The molecule has 24 heavy (non-hydrogen) atoms. The minimum atomic E-state index is -2.26. The van der Waals surface area contributed by atoms with Gasteiger partial charge in [0.1, 0.15) is 5.56 Å². The SMILES string of the molecule is CC(CC1CCCCC1)N(C)C(=O)c1c(F)c(F)c(F)c(F)c1F. The van der Waals surface area contributed by atoms with Gasteiger partial charge < -0.3 is 4.90 Å². The molecule has 0 aliphatic heterocycles. The number of carbonyl (C=O) groups excluding carboxylic acids is 1. The van der Waals surface area contributed by atoms with E-state index in [1.165, 1.54) is 13.5 Å². The lowest BCUT2D eigenvalue weighted by atomic mass is 9.85.